The molecule has 1 aromatic heterocycles. The van der Waals surface area contributed by atoms with Gasteiger partial charge in [-0.3, -0.25) is 4.79 Å². The van der Waals surface area contributed by atoms with Crippen LogP contribution in [0.4, 0.5) is 0 Å². The number of para-hydroxylation sites is 1. The maximum Gasteiger partial charge on any atom is 0.278 e. The molecule has 0 bridgehead atoms. The Morgan fingerprint density at radius 3 is 2.83 bits per heavy atom. The minimum absolute atomic E-state index is 0.195. The second-order valence-electron chi connectivity index (χ2n) is 4.92. The highest BCUT2D eigenvalue weighted by molar-refractivity contribution is 7.16. The summed E-state index contributed by atoms with van der Waals surface area (Å²) < 4.78 is 8.37. The van der Waals surface area contributed by atoms with Crippen molar-refractivity contribution >= 4 is 50.7 Å². The molecule has 0 radical (unpaired) electrons. The number of fused-ring (bicyclic) bond motifs is 1. The van der Waals surface area contributed by atoms with Gasteiger partial charge in [-0.1, -0.05) is 46.7 Å². The minimum Gasteiger partial charge on any atom is -0.482 e. The van der Waals surface area contributed by atoms with Crippen LogP contribution >= 0.6 is 34.5 Å². The number of nitrogens with one attached hydrogen (secondary N) is 1. The van der Waals surface area contributed by atoms with Crippen LogP contribution in [0.25, 0.3) is 10.2 Å². The molecule has 2 aromatic carbocycles. The van der Waals surface area contributed by atoms with Crippen molar-refractivity contribution in [2.45, 2.75) is 0 Å². The summed E-state index contributed by atoms with van der Waals surface area (Å²) >= 11 is 13.3. The van der Waals surface area contributed by atoms with E-state index in [9.17, 15) is 4.79 Å². The van der Waals surface area contributed by atoms with Gasteiger partial charge in [-0.25, -0.2) is 5.43 Å². The Morgan fingerprint density at radius 2 is 2.08 bits per heavy atom. The van der Waals surface area contributed by atoms with Gasteiger partial charge in [0.25, 0.3) is 5.91 Å². The molecule has 5 nitrogen and oxygen atoms in total. The molecule has 1 N–H and O–H groups in total. The van der Waals surface area contributed by atoms with Gasteiger partial charge in [0.15, 0.2) is 6.61 Å². The van der Waals surface area contributed by atoms with E-state index in [0.29, 0.717) is 20.6 Å². The normalized spacial score (nSPS) is 11.7. The van der Waals surface area contributed by atoms with E-state index in [0.717, 1.165) is 10.2 Å². The second-order valence-corrected chi connectivity index (χ2v) is 6.77. The average Bonchev–Trinajstić information content (AvgIpc) is 2.89. The van der Waals surface area contributed by atoms with Crippen molar-refractivity contribution in [1.29, 1.82) is 0 Å². The molecule has 3 aromatic rings. The van der Waals surface area contributed by atoms with Gasteiger partial charge >= 0.3 is 0 Å². The van der Waals surface area contributed by atoms with E-state index in [1.165, 1.54) is 11.3 Å². The van der Waals surface area contributed by atoms with Crippen LogP contribution in [-0.4, -0.2) is 17.1 Å². The van der Waals surface area contributed by atoms with Gasteiger partial charge in [-0.15, -0.1) is 5.10 Å². The highest BCUT2D eigenvalue weighted by atomic mass is 35.5. The molecule has 0 saturated carbocycles. The Morgan fingerprint density at radius 1 is 1.29 bits per heavy atom. The second kappa shape index (κ2) is 7.25. The van der Waals surface area contributed by atoms with Crippen LogP contribution in [0.5, 0.6) is 5.75 Å². The third-order valence-electron chi connectivity index (χ3n) is 3.24. The number of halogens is 2. The number of benzene rings is 2. The largest absolute Gasteiger partial charge is 0.482 e. The zero-order chi connectivity index (χ0) is 17.1. The number of hydrogen-bond acceptors (Lipinski definition) is 4. The fourth-order valence-electron chi connectivity index (χ4n) is 2.07. The Kier molecular flexibility index (Phi) is 5.08. The third-order valence-corrected chi connectivity index (χ3v) is 4.89. The fourth-order valence-corrected chi connectivity index (χ4v) is 3.51. The molecule has 8 heteroatoms. The lowest BCUT2D eigenvalue weighted by Gasteiger charge is -2.06. The molecule has 0 saturated heterocycles. The van der Waals surface area contributed by atoms with Gasteiger partial charge in [0.05, 0.1) is 15.2 Å². The van der Waals surface area contributed by atoms with Crippen LogP contribution in [0, 0.1) is 0 Å². The summed E-state index contributed by atoms with van der Waals surface area (Å²) in [5.74, 6) is 0.0158. The molecule has 0 aliphatic carbocycles. The lowest BCUT2D eigenvalue weighted by atomic mass is 10.3. The van der Waals surface area contributed by atoms with Crippen LogP contribution in [0.3, 0.4) is 0 Å². The van der Waals surface area contributed by atoms with Crippen LogP contribution in [-0.2, 0) is 11.8 Å². The maximum atomic E-state index is 11.9. The Hall–Kier alpha value is -2.02. The quantitative estimate of drug-likeness (QED) is 0.702. The SMILES string of the molecule is Cn1c(=NNC(=O)COc2ccc(Cl)cc2Cl)sc2ccccc21. The first-order valence-corrected chi connectivity index (χ1v) is 8.57. The van der Waals surface area contributed by atoms with Gasteiger partial charge in [0.1, 0.15) is 5.75 Å². The maximum absolute atomic E-state index is 11.9. The number of rotatable bonds is 4. The Labute approximate surface area is 152 Å². The lowest BCUT2D eigenvalue weighted by Crippen LogP contribution is -2.27. The summed E-state index contributed by atoms with van der Waals surface area (Å²) in [6.07, 6.45) is 0. The Bertz CT molecular complexity index is 965. The van der Waals surface area contributed by atoms with Gasteiger partial charge in [0, 0.05) is 12.1 Å². The summed E-state index contributed by atoms with van der Waals surface area (Å²) in [6, 6.07) is 12.7. The van der Waals surface area contributed by atoms with E-state index in [1.54, 1.807) is 18.2 Å². The van der Waals surface area contributed by atoms with Crippen molar-refractivity contribution in [1.82, 2.24) is 9.99 Å². The molecule has 0 atom stereocenters. The highest BCUT2D eigenvalue weighted by Gasteiger charge is 2.07. The van der Waals surface area contributed by atoms with Crippen molar-refractivity contribution in [3.63, 3.8) is 0 Å². The number of ether oxygens (including phenoxy) is 1. The van der Waals surface area contributed by atoms with Crippen molar-refractivity contribution < 1.29 is 9.53 Å². The first-order valence-electron chi connectivity index (χ1n) is 6.99. The van der Waals surface area contributed by atoms with E-state index < -0.39 is 0 Å². The number of carbonyl (C=O) groups excluding carboxylic acids is 1. The molecule has 0 aliphatic heterocycles. The molecule has 24 heavy (non-hydrogen) atoms. The zero-order valence-corrected chi connectivity index (χ0v) is 15.0. The van der Waals surface area contributed by atoms with Gasteiger partial charge < -0.3 is 9.30 Å². The summed E-state index contributed by atoms with van der Waals surface area (Å²) in [6.45, 7) is -0.195. The number of aromatic nitrogens is 1. The summed E-state index contributed by atoms with van der Waals surface area (Å²) in [5, 5.41) is 4.99. The number of nitrogens with zero attached hydrogens (tertiary/aromatic N) is 2. The molecule has 0 unspecified atom stereocenters. The third kappa shape index (κ3) is 3.72. The number of thiazole rings is 1. The molecule has 124 valence electrons. The van der Waals surface area contributed by atoms with Crippen LogP contribution in [0.15, 0.2) is 47.6 Å². The fraction of sp³-hybridized carbons (Fsp3) is 0.125. The molecule has 0 spiro atoms. The van der Waals surface area contributed by atoms with E-state index in [1.807, 2.05) is 35.9 Å². The standard InChI is InChI=1S/C16H13Cl2N3O2S/c1-21-12-4-2-3-5-14(12)24-16(21)20-19-15(22)9-23-13-7-6-10(17)8-11(13)18/h2-8H,9H2,1H3,(H,19,22). The highest BCUT2D eigenvalue weighted by Crippen LogP contribution is 2.27. The first-order chi connectivity index (χ1) is 11.5. The molecule has 1 amide bonds. The van der Waals surface area contributed by atoms with Crippen molar-refractivity contribution in [2.75, 3.05) is 6.61 Å². The zero-order valence-electron chi connectivity index (χ0n) is 12.6. The predicted molar refractivity (Wildman–Crippen MR) is 96.5 cm³/mol. The first kappa shape index (κ1) is 16.8. The number of aryl methyl sites for hydroxylation is 1. The molecular weight excluding hydrogens is 369 g/mol. The molecule has 0 aliphatic rings. The van der Waals surface area contributed by atoms with Crippen LogP contribution in [0.1, 0.15) is 0 Å². The van der Waals surface area contributed by atoms with Gasteiger partial charge in [0.2, 0.25) is 4.80 Å². The average molecular weight is 382 g/mol. The number of hydrogen-bond donors (Lipinski definition) is 1. The van der Waals surface area contributed by atoms with Gasteiger partial charge in [-0.2, -0.15) is 0 Å². The molecule has 1 heterocycles. The Balaban J connectivity index is 1.67. The van der Waals surface area contributed by atoms with E-state index >= 15 is 0 Å². The van der Waals surface area contributed by atoms with E-state index in [2.05, 4.69) is 10.5 Å². The predicted octanol–water partition coefficient (Wildman–Crippen LogP) is 3.56. The van der Waals surface area contributed by atoms with E-state index in [-0.39, 0.29) is 12.5 Å². The summed E-state index contributed by atoms with van der Waals surface area (Å²) in [4.78, 5) is 12.6. The van der Waals surface area contributed by atoms with Crippen LogP contribution < -0.4 is 15.0 Å². The number of carbonyl (C=O) groups is 1. The summed E-state index contributed by atoms with van der Waals surface area (Å²) in [7, 11) is 1.90. The van der Waals surface area contributed by atoms with Crippen molar-refractivity contribution in [3.05, 3.63) is 57.3 Å². The summed E-state index contributed by atoms with van der Waals surface area (Å²) in [5.41, 5.74) is 3.54. The topological polar surface area (TPSA) is 55.6 Å². The van der Waals surface area contributed by atoms with Gasteiger partial charge in [-0.05, 0) is 30.3 Å². The lowest BCUT2D eigenvalue weighted by molar-refractivity contribution is -0.123. The number of amides is 1. The van der Waals surface area contributed by atoms with E-state index in [4.69, 9.17) is 27.9 Å². The molecule has 0 fully saturated rings. The van der Waals surface area contributed by atoms with Crippen molar-refractivity contribution in [2.24, 2.45) is 12.1 Å². The smallest absolute Gasteiger partial charge is 0.278 e. The monoisotopic (exact) mass is 381 g/mol. The minimum atomic E-state index is -0.376. The molecule has 3 rings (SSSR count). The molecular formula is C16H13Cl2N3O2S. The van der Waals surface area contributed by atoms with Crippen molar-refractivity contribution in [3.8, 4) is 5.75 Å². The van der Waals surface area contributed by atoms with Crippen LogP contribution in [0.2, 0.25) is 10.0 Å².